The van der Waals surface area contributed by atoms with Gasteiger partial charge in [0.15, 0.2) is 6.10 Å². The summed E-state index contributed by atoms with van der Waals surface area (Å²) in [5.41, 5.74) is 0.131. The fraction of sp³-hybridized carbons (Fsp3) is 0.556. The van der Waals surface area contributed by atoms with E-state index in [0.29, 0.717) is 26.2 Å². The predicted octanol–water partition coefficient (Wildman–Crippen LogP) is 1.64. The Morgan fingerprint density at radius 1 is 1.04 bits per heavy atom. The fourth-order valence-corrected chi connectivity index (χ4v) is 4.90. The summed E-state index contributed by atoms with van der Waals surface area (Å²) < 4.78 is 31.9. The maximum Gasteiger partial charge on any atom is 0.338 e. The Kier molecular flexibility index (Phi) is 5.62. The highest BCUT2D eigenvalue weighted by atomic mass is 32.2. The Hall–Kier alpha value is -1.93. The molecule has 142 valence electrons. The lowest BCUT2D eigenvalue weighted by molar-refractivity contribution is -0.138. The summed E-state index contributed by atoms with van der Waals surface area (Å²) in [7, 11) is -3.60. The molecule has 0 aromatic heterocycles. The van der Waals surface area contributed by atoms with Crippen molar-refractivity contribution in [2.24, 2.45) is 0 Å². The molecule has 26 heavy (non-hydrogen) atoms. The maximum absolute atomic E-state index is 12.6. The lowest BCUT2D eigenvalue weighted by Crippen LogP contribution is -2.38. The third-order valence-corrected chi connectivity index (χ3v) is 6.72. The quantitative estimate of drug-likeness (QED) is 0.725. The average molecular weight is 380 g/mol. The monoisotopic (exact) mass is 380 g/mol. The van der Waals surface area contributed by atoms with Gasteiger partial charge in [-0.25, -0.2) is 13.2 Å². The lowest BCUT2D eigenvalue weighted by atomic mass is 10.2. The highest BCUT2D eigenvalue weighted by Gasteiger charge is 2.29. The molecule has 2 aliphatic heterocycles. The zero-order valence-corrected chi connectivity index (χ0v) is 15.7. The summed E-state index contributed by atoms with van der Waals surface area (Å²) >= 11 is 0. The van der Waals surface area contributed by atoms with Gasteiger partial charge < -0.3 is 9.64 Å². The first-order chi connectivity index (χ1) is 12.4. The third-order valence-electron chi connectivity index (χ3n) is 4.82. The molecule has 0 N–H and O–H groups in total. The molecule has 2 saturated heterocycles. The second-order valence-electron chi connectivity index (χ2n) is 6.72. The van der Waals surface area contributed by atoms with Crippen LogP contribution in [0.25, 0.3) is 0 Å². The number of hydrogen-bond acceptors (Lipinski definition) is 5. The van der Waals surface area contributed by atoms with Crippen molar-refractivity contribution in [2.45, 2.75) is 43.6 Å². The Labute approximate surface area is 154 Å². The van der Waals surface area contributed by atoms with Crippen LogP contribution in [-0.2, 0) is 19.6 Å². The Morgan fingerprint density at radius 3 is 2.31 bits per heavy atom. The predicted molar refractivity (Wildman–Crippen MR) is 95.1 cm³/mol. The van der Waals surface area contributed by atoms with Crippen LogP contribution in [0.15, 0.2) is 29.2 Å². The number of likely N-dealkylation sites (tertiary alicyclic amines) is 1. The first-order valence-electron chi connectivity index (χ1n) is 8.99. The van der Waals surface area contributed by atoms with Gasteiger partial charge in [-0.2, -0.15) is 4.31 Å². The van der Waals surface area contributed by atoms with Gasteiger partial charge in [0.1, 0.15) is 0 Å². The number of ether oxygens (including phenoxy) is 1. The van der Waals surface area contributed by atoms with Crippen LogP contribution in [0.4, 0.5) is 0 Å². The summed E-state index contributed by atoms with van der Waals surface area (Å²) in [5.74, 6) is -0.903. The minimum atomic E-state index is -3.60. The van der Waals surface area contributed by atoms with Crippen LogP contribution < -0.4 is 0 Å². The molecule has 1 amide bonds. The van der Waals surface area contributed by atoms with E-state index in [2.05, 4.69) is 0 Å². The Balaban J connectivity index is 1.71. The molecule has 0 aliphatic carbocycles. The van der Waals surface area contributed by atoms with Crippen LogP contribution in [-0.4, -0.2) is 61.8 Å². The van der Waals surface area contributed by atoms with Gasteiger partial charge in [-0.15, -0.1) is 0 Å². The second kappa shape index (κ2) is 7.75. The minimum absolute atomic E-state index is 0.0763. The highest BCUT2D eigenvalue weighted by Crippen LogP contribution is 2.22. The molecule has 7 nitrogen and oxygen atoms in total. The van der Waals surface area contributed by atoms with E-state index in [1.807, 2.05) is 0 Å². The van der Waals surface area contributed by atoms with Crippen molar-refractivity contribution in [3.05, 3.63) is 29.8 Å². The van der Waals surface area contributed by atoms with E-state index in [1.165, 1.54) is 28.6 Å². The summed E-state index contributed by atoms with van der Waals surface area (Å²) in [6.45, 7) is 3.91. The zero-order chi connectivity index (χ0) is 18.7. The van der Waals surface area contributed by atoms with Gasteiger partial charge in [0.2, 0.25) is 10.0 Å². The largest absolute Gasteiger partial charge is 0.449 e. The van der Waals surface area contributed by atoms with Crippen LogP contribution in [0.5, 0.6) is 0 Å². The number of benzene rings is 1. The number of amides is 1. The molecule has 1 aromatic rings. The van der Waals surface area contributed by atoms with Gasteiger partial charge in [-0.1, -0.05) is 6.07 Å². The number of esters is 1. The van der Waals surface area contributed by atoms with E-state index >= 15 is 0 Å². The standard InChI is InChI=1S/C18H24N2O5S/c1-14(17(21)19-9-2-3-10-19)25-18(22)15-7-6-8-16(13-15)26(23,24)20-11-4-5-12-20/h6-8,13-14H,2-5,9-12H2,1H3/t14-/m1/s1. The molecule has 2 aliphatic rings. The number of sulfonamides is 1. The van der Waals surface area contributed by atoms with Gasteiger partial charge in [0, 0.05) is 26.2 Å². The minimum Gasteiger partial charge on any atom is -0.449 e. The molecule has 0 unspecified atom stereocenters. The molecule has 2 fully saturated rings. The molecule has 0 spiro atoms. The van der Waals surface area contributed by atoms with E-state index in [-0.39, 0.29) is 16.4 Å². The van der Waals surface area contributed by atoms with E-state index in [4.69, 9.17) is 4.74 Å². The van der Waals surface area contributed by atoms with Gasteiger partial charge in [0.05, 0.1) is 10.5 Å². The zero-order valence-electron chi connectivity index (χ0n) is 14.9. The Morgan fingerprint density at radius 2 is 1.65 bits per heavy atom. The van der Waals surface area contributed by atoms with Crippen molar-refractivity contribution in [3.8, 4) is 0 Å². The summed E-state index contributed by atoms with van der Waals surface area (Å²) in [4.78, 5) is 26.4. The highest BCUT2D eigenvalue weighted by molar-refractivity contribution is 7.89. The molecule has 3 rings (SSSR count). The molecule has 0 radical (unpaired) electrons. The van der Waals surface area contributed by atoms with Crippen LogP contribution >= 0.6 is 0 Å². The average Bonchev–Trinajstić information content (AvgIpc) is 3.34. The molecule has 1 aromatic carbocycles. The Bertz CT molecular complexity index is 781. The van der Waals surface area contributed by atoms with Crippen LogP contribution in [0.2, 0.25) is 0 Å². The number of nitrogens with zero attached hydrogens (tertiary/aromatic N) is 2. The SMILES string of the molecule is C[C@@H](OC(=O)c1cccc(S(=O)(=O)N2CCCC2)c1)C(=O)N1CCCC1. The van der Waals surface area contributed by atoms with Gasteiger partial charge >= 0.3 is 5.97 Å². The summed E-state index contributed by atoms with van der Waals surface area (Å²) in [6.07, 6.45) is 2.72. The van der Waals surface area contributed by atoms with E-state index in [9.17, 15) is 18.0 Å². The van der Waals surface area contributed by atoms with E-state index in [0.717, 1.165) is 25.7 Å². The van der Waals surface area contributed by atoms with Crippen molar-refractivity contribution < 1.29 is 22.7 Å². The fourth-order valence-electron chi connectivity index (χ4n) is 3.33. The first kappa shape index (κ1) is 18.8. The van der Waals surface area contributed by atoms with E-state index in [1.54, 1.807) is 11.8 Å². The van der Waals surface area contributed by atoms with Gasteiger partial charge in [-0.3, -0.25) is 4.79 Å². The van der Waals surface area contributed by atoms with Gasteiger partial charge in [-0.05, 0) is 50.8 Å². The van der Waals surface area contributed by atoms with E-state index < -0.39 is 22.1 Å². The number of carbonyl (C=O) groups is 2. The topological polar surface area (TPSA) is 84.0 Å². The van der Waals surface area contributed by atoms with Crippen molar-refractivity contribution >= 4 is 21.9 Å². The van der Waals surface area contributed by atoms with Crippen LogP contribution in [0, 0.1) is 0 Å². The molecule has 8 heteroatoms. The number of hydrogen-bond donors (Lipinski definition) is 0. The summed E-state index contributed by atoms with van der Waals surface area (Å²) in [6, 6.07) is 5.82. The second-order valence-corrected chi connectivity index (χ2v) is 8.66. The maximum atomic E-state index is 12.6. The molecule has 1 atom stereocenters. The molecular weight excluding hydrogens is 356 g/mol. The van der Waals surface area contributed by atoms with Crippen LogP contribution in [0.3, 0.4) is 0 Å². The summed E-state index contributed by atoms with van der Waals surface area (Å²) in [5, 5.41) is 0. The first-order valence-corrected chi connectivity index (χ1v) is 10.4. The normalized spacial score (nSPS) is 19.5. The van der Waals surface area contributed by atoms with Crippen molar-refractivity contribution in [2.75, 3.05) is 26.2 Å². The van der Waals surface area contributed by atoms with Crippen molar-refractivity contribution in [3.63, 3.8) is 0 Å². The number of rotatable bonds is 5. The molecular formula is C18H24N2O5S. The van der Waals surface area contributed by atoms with Crippen molar-refractivity contribution in [1.82, 2.24) is 9.21 Å². The lowest BCUT2D eigenvalue weighted by Gasteiger charge is -2.20. The molecule has 0 saturated carbocycles. The molecule has 0 bridgehead atoms. The number of carbonyl (C=O) groups excluding carboxylic acids is 2. The third kappa shape index (κ3) is 3.91. The van der Waals surface area contributed by atoms with Gasteiger partial charge in [0.25, 0.3) is 5.91 Å². The van der Waals surface area contributed by atoms with Crippen molar-refractivity contribution in [1.29, 1.82) is 0 Å². The smallest absolute Gasteiger partial charge is 0.338 e. The molecule has 2 heterocycles. The van der Waals surface area contributed by atoms with Crippen LogP contribution in [0.1, 0.15) is 43.0 Å².